The first-order valence-corrected chi connectivity index (χ1v) is 6.33. The van der Waals surface area contributed by atoms with Crippen molar-refractivity contribution in [3.8, 4) is 0 Å². The van der Waals surface area contributed by atoms with Gasteiger partial charge in [0.25, 0.3) is 0 Å². The van der Waals surface area contributed by atoms with Crippen LogP contribution in [-0.4, -0.2) is 5.11 Å². The largest absolute Gasteiger partial charge is 0.385 e. The predicted molar refractivity (Wildman–Crippen MR) is 68.7 cm³/mol. The molecule has 1 N–H and O–H groups in total. The molecule has 0 saturated carbocycles. The lowest BCUT2D eigenvalue weighted by Gasteiger charge is -2.34. The fourth-order valence-corrected chi connectivity index (χ4v) is 2.80. The van der Waals surface area contributed by atoms with Gasteiger partial charge in [-0.1, -0.05) is 24.3 Å². The van der Waals surface area contributed by atoms with Gasteiger partial charge in [-0.25, -0.2) is 8.78 Å². The number of aliphatic hydroxyl groups is 1. The fourth-order valence-electron chi connectivity index (χ4n) is 2.80. The standard InChI is InChI=1S/C16H14F2O/c17-13-5-6-15(18)14(9-13)16(19)8-7-11-3-1-2-4-12(11)10-16/h1-6,9,19H,7-8,10H2. The first-order valence-electron chi connectivity index (χ1n) is 6.33. The highest BCUT2D eigenvalue weighted by Gasteiger charge is 2.36. The average molecular weight is 260 g/mol. The Morgan fingerprint density at radius 1 is 1.00 bits per heavy atom. The van der Waals surface area contributed by atoms with Crippen LogP contribution in [0.25, 0.3) is 0 Å². The summed E-state index contributed by atoms with van der Waals surface area (Å²) < 4.78 is 27.1. The number of halogens is 2. The highest BCUT2D eigenvalue weighted by molar-refractivity contribution is 5.36. The van der Waals surface area contributed by atoms with Crippen LogP contribution in [0.2, 0.25) is 0 Å². The van der Waals surface area contributed by atoms with Crippen LogP contribution in [-0.2, 0) is 18.4 Å². The lowest BCUT2D eigenvalue weighted by atomic mass is 9.76. The molecule has 1 aliphatic carbocycles. The van der Waals surface area contributed by atoms with Gasteiger partial charge in [-0.05, 0) is 42.2 Å². The average Bonchev–Trinajstić information content (AvgIpc) is 2.41. The molecule has 3 rings (SSSR count). The summed E-state index contributed by atoms with van der Waals surface area (Å²) in [6.07, 6.45) is 1.40. The van der Waals surface area contributed by atoms with Gasteiger partial charge < -0.3 is 5.11 Å². The maximum Gasteiger partial charge on any atom is 0.129 e. The van der Waals surface area contributed by atoms with Gasteiger partial charge >= 0.3 is 0 Å². The van der Waals surface area contributed by atoms with Crippen LogP contribution in [0.15, 0.2) is 42.5 Å². The minimum absolute atomic E-state index is 0.0574. The van der Waals surface area contributed by atoms with Crippen LogP contribution >= 0.6 is 0 Å². The summed E-state index contributed by atoms with van der Waals surface area (Å²) in [4.78, 5) is 0. The van der Waals surface area contributed by atoms with E-state index in [1.165, 1.54) is 5.56 Å². The Bertz CT molecular complexity index is 624. The van der Waals surface area contributed by atoms with Gasteiger partial charge in [0, 0.05) is 12.0 Å². The Hall–Kier alpha value is -1.74. The third kappa shape index (κ3) is 2.15. The third-order valence-corrected chi connectivity index (χ3v) is 3.84. The molecule has 0 saturated heterocycles. The Morgan fingerprint density at radius 3 is 2.53 bits per heavy atom. The lowest BCUT2D eigenvalue weighted by molar-refractivity contribution is 0.0185. The van der Waals surface area contributed by atoms with Crippen molar-refractivity contribution in [2.45, 2.75) is 24.9 Å². The summed E-state index contributed by atoms with van der Waals surface area (Å²) in [6, 6.07) is 11.0. The molecule has 0 bridgehead atoms. The number of fused-ring (bicyclic) bond motifs is 1. The van der Waals surface area contributed by atoms with Crippen molar-refractivity contribution in [1.82, 2.24) is 0 Å². The molecule has 98 valence electrons. The van der Waals surface area contributed by atoms with Crippen molar-refractivity contribution in [1.29, 1.82) is 0 Å². The molecule has 2 aromatic carbocycles. The molecule has 2 aromatic rings. The maximum atomic E-state index is 13.8. The second-order valence-corrected chi connectivity index (χ2v) is 5.10. The van der Waals surface area contributed by atoms with Crippen molar-refractivity contribution in [3.05, 3.63) is 70.8 Å². The Balaban J connectivity index is 2.04. The summed E-state index contributed by atoms with van der Waals surface area (Å²) in [6.45, 7) is 0. The normalized spacial score (nSPS) is 22.1. The van der Waals surface area contributed by atoms with Crippen LogP contribution in [0.3, 0.4) is 0 Å². The zero-order valence-electron chi connectivity index (χ0n) is 10.4. The van der Waals surface area contributed by atoms with Crippen LogP contribution in [0, 0.1) is 11.6 Å². The smallest absolute Gasteiger partial charge is 0.129 e. The van der Waals surface area contributed by atoms with E-state index in [0.717, 1.165) is 23.8 Å². The van der Waals surface area contributed by atoms with Crippen LogP contribution in [0.1, 0.15) is 23.1 Å². The third-order valence-electron chi connectivity index (χ3n) is 3.84. The van der Waals surface area contributed by atoms with Crippen LogP contribution in [0.4, 0.5) is 8.78 Å². The Morgan fingerprint density at radius 2 is 1.74 bits per heavy atom. The molecule has 1 unspecified atom stereocenters. The van der Waals surface area contributed by atoms with Crippen LogP contribution in [0.5, 0.6) is 0 Å². The van der Waals surface area contributed by atoms with Gasteiger partial charge in [0.2, 0.25) is 0 Å². The molecule has 19 heavy (non-hydrogen) atoms. The molecule has 0 aliphatic heterocycles. The van der Waals surface area contributed by atoms with Gasteiger partial charge in [0.05, 0.1) is 5.60 Å². The van der Waals surface area contributed by atoms with E-state index in [0.29, 0.717) is 19.3 Å². The first-order chi connectivity index (χ1) is 9.08. The lowest BCUT2D eigenvalue weighted by Crippen LogP contribution is -2.34. The van der Waals surface area contributed by atoms with E-state index in [9.17, 15) is 13.9 Å². The number of benzene rings is 2. The summed E-state index contributed by atoms with van der Waals surface area (Å²) in [5.41, 5.74) is 0.909. The quantitative estimate of drug-likeness (QED) is 0.833. The van der Waals surface area contributed by atoms with Gasteiger partial charge in [0.1, 0.15) is 11.6 Å². The molecule has 0 amide bonds. The highest BCUT2D eigenvalue weighted by Crippen LogP contribution is 2.37. The van der Waals surface area contributed by atoms with Gasteiger partial charge in [0.15, 0.2) is 0 Å². The highest BCUT2D eigenvalue weighted by atomic mass is 19.1. The minimum atomic E-state index is -1.32. The zero-order chi connectivity index (χ0) is 13.5. The molecule has 1 nitrogen and oxygen atoms in total. The van der Waals surface area contributed by atoms with E-state index < -0.39 is 17.2 Å². The molecule has 0 aromatic heterocycles. The van der Waals surface area contributed by atoms with Crippen molar-refractivity contribution < 1.29 is 13.9 Å². The summed E-state index contributed by atoms with van der Waals surface area (Å²) >= 11 is 0. The summed E-state index contributed by atoms with van der Waals surface area (Å²) in [5, 5.41) is 10.7. The van der Waals surface area contributed by atoms with E-state index >= 15 is 0 Å². The first kappa shape index (κ1) is 12.3. The molecule has 3 heteroatoms. The minimum Gasteiger partial charge on any atom is -0.385 e. The topological polar surface area (TPSA) is 20.2 Å². The van der Waals surface area contributed by atoms with E-state index in [1.807, 2.05) is 24.3 Å². The molecule has 0 fully saturated rings. The van der Waals surface area contributed by atoms with E-state index in [2.05, 4.69) is 0 Å². The molecule has 1 aliphatic rings. The van der Waals surface area contributed by atoms with Gasteiger partial charge in [-0.3, -0.25) is 0 Å². The monoisotopic (exact) mass is 260 g/mol. The molecule has 0 spiro atoms. The molecule has 1 atom stereocenters. The summed E-state index contributed by atoms with van der Waals surface area (Å²) in [7, 11) is 0. The van der Waals surface area contributed by atoms with Gasteiger partial charge in [-0.2, -0.15) is 0 Å². The van der Waals surface area contributed by atoms with Gasteiger partial charge in [-0.15, -0.1) is 0 Å². The maximum absolute atomic E-state index is 13.8. The van der Waals surface area contributed by atoms with Crippen LogP contribution < -0.4 is 0 Å². The second-order valence-electron chi connectivity index (χ2n) is 5.10. The predicted octanol–water partition coefficient (Wildman–Crippen LogP) is 3.34. The Labute approximate surface area is 110 Å². The second kappa shape index (κ2) is 4.42. The SMILES string of the molecule is OC1(c2cc(F)ccc2F)CCc2ccccc2C1. The van der Waals surface area contributed by atoms with Crippen molar-refractivity contribution >= 4 is 0 Å². The number of aryl methyl sites for hydroxylation is 1. The van der Waals surface area contributed by atoms with E-state index in [-0.39, 0.29) is 5.56 Å². The zero-order valence-corrected chi connectivity index (χ0v) is 10.4. The number of rotatable bonds is 1. The molecular formula is C16H14F2O. The molecule has 0 heterocycles. The van der Waals surface area contributed by atoms with E-state index in [4.69, 9.17) is 0 Å². The molecule has 0 radical (unpaired) electrons. The van der Waals surface area contributed by atoms with Crippen molar-refractivity contribution in [2.75, 3.05) is 0 Å². The number of hydrogen-bond acceptors (Lipinski definition) is 1. The number of hydrogen-bond donors (Lipinski definition) is 1. The molecular weight excluding hydrogens is 246 g/mol. The van der Waals surface area contributed by atoms with E-state index in [1.54, 1.807) is 0 Å². The summed E-state index contributed by atoms with van der Waals surface area (Å²) in [5.74, 6) is -1.08. The van der Waals surface area contributed by atoms with Crippen molar-refractivity contribution in [2.24, 2.45) is 0 Å². The fraction of sp³-hybridized carbons (Fsp3) is 0.250. The Kier molecular flexibility index (Phi) is 2.86. The van der Waals surface area contributed by atoms with Crippen molar-refractivity contribution in [3.63, 3.8) is 0 Å².